The van der Waals surface area contributed by atoms with E-state index in [9.17, 15) is 5.11 Å². The lowest BCUT2D eigenvalue weighted by Gasteiger charge is -2.32. The van der Waals surface area contributed by atoms with E-state index in [0.717, 1.165) is 42.6 Å². The summed E-state index contributed by atoms with van der Waals surface area (Å²) in [6.45, 7) is 2.39. The van der Waals surface area contributed by atoms with Gasteiger partial charge in [0.1, 0.15) is 0 Å². The molecule has 7 heteroatoms. The lowest BCUT2D eigenvalue weighted by Crippen LogP contribution is -2.36. The van der Waals surface area contributed by atoms with Gasteiger partial charge in [-0.1, -0.05) is 12.1 Å². The lowest BCUT2D eigenvalue weighted by atomic mass is 10.1. The second-order valence-corrected chi connectivity index (χ2v) is 6.71. The van der Waals surface area contributed by atoms with E-state index in [1.54, 1.807) is 0 Å². The standard InChI is InChI=1S/C16H23N5OS/c1-20(2)16-18-15(19-23-16)11-17-13-5-3-4-6-14(13)21-9-7-12(22)8-10-21/h3-6,12,17,22H,7-11H2,1-2H3. The molecule has 0 bridgehead atoms. The summed E-state index contributed by atoms with van der Waals surface area (Å²) in [7, 11) is 3.94. The fourth-order valence-electron chi connectivity index (χ4n) is 2.68. The second kappa shape index (κ2) is 7.14. The molecule has 1 aliphatic heterocycles. The van der Waals surface area contributed by atoms with Crippen LogP contribution in [0.25, 0.3) is 0 Å². The maximum Gasteiger partial charge on any atom is 0.204 e. The zero-order valence-electron chi connectivity index (χ0n) is 13.6. The molecule has 1 saturated heterocycles. The Morgan fingerprint density at radius 1 is 1.30 bits per heavy atom. The Morgan fingerprint density at radius 2 is 2.04 bits per heavy atom. The number of nitrogens with zero attached hydrogens (tertiary/aromatic N) is 4. The number of aromatic nitrogens is 2. The maximum atomic E-state index is 9.68. The molecule has 1 aromatic heterocycles. The van der Waals surface area contributed by atoms with E-state index >= 15 is 0 Å². The van der Waals surface area contributed by atoms with Crippen LogP contribution in [-0.2, 0) is 6.54 Å². The van der Waals surface area contributed by atoms with Crippen molar-refractivity contribution in [3.63, 3.8) is 0 Å². The highest BCUT2D eigenvalue weighted by Crippen LogP contribution is 2.28. The SMILES string of the molecule is CN(C)c1nc(CNc2ccccc2N2CCC(O)CC2)ns1. The first-order valence-corrected chi connectivity index (χ1v) is 8.66. The average Bonchev–Trinajstić information content (AvgIpc) is 3.03. The fraction of sp³-hybridized carbons (Fsp3) is 0.500. The maximum absolute atomic E-state index is 9.68. The third-order valence-corrected chi connectivity index (χ3v) is 4.91. The number of anilines is 3. The van der Waals surface area contributed by atoms with E-state index in [1.165, 1.54) is 17.2 Å². The van der Waals surface area contributed by atoms with Crippen LogP contribution in [0.15, 0.2) is 24.3 Å². The first kappa shape index (κ1) is 16.0. The Kier molecular flexibility index (Phi) is 4.97. The largest absolute Gasteiger partial charge is 0.393 e. The van der Waals surface area contributed by atoms with Gasteiger partial charge in [0.2, 0.25) is 5.13 Å². The summed E-state index contributed by atoms with van der Waals surface area (Å²) in [6, 6.07) is 8.29. The Bertz CT molecular complexity index is 637. The molecule has 0 spiro atoms. The minimum atomic E-state index is -0.157. The number of aliphatic hydroxyl groups excluding tert-OH is 1. The highest BCUT2D eigenvalue weighted by Gasteiger charge is 2.19. The third-order valence-electron chi connectivity index (χ3n) is 3.99. The van der Waals surface area contributed by atoms with E-state index < -0.39 is 0 Å². The van der Waals surface area contributed by atoms with Crippen LogP contribution in [0.4, 0.5) is 16.5 Å². The van der Waals surface area contributed by atoms with Crippen LogP contribution in [0.5, 0.6) is 0 Å². The molecule has 6 nitrogen and oxygen atoms in total. The summed E-state index contributed by atoms with van der Waals surface area (Å²) < 4.78 is 4.38. The van der Waals surface area contributed by atoms with E-state index in [1.807, 2.05) is 25.1 Å². The lowest BCUT2D eigenvalue weighted by molar-refractivity contribution is 0.145. The van der Waals surface area contributed by atoms with E-state index in [4.69, 9.17) is 0 Å². The van der Waals surface area contributed by atoms with Crippen LogP contribution in [0.2, 0.25) is 0 Å². The Hall–Kier alpha value is -1.86. The molecule has 0 atom stereocenters. The number of rotatable bonds is 5. The molecule has 0 unspecified atom stereocenters. The smallest absolute Gasteiger partial charge is 0.204 e. The first-order valence-electron chi connectivity index (χ1n) is 7.89. The van der Waals surface area contributed by atoms with Gasteiger partial charge in [0.15, 0.2) is 5.82 Å². The highest BCUT2D eigenvalue weighted by atomic mass is 32.1. The minimum absolute atomic E-state index is 0.157. The summed E-state index contributed by atoms with van der Waals surface area (Å²) in [4.78, 5) is 8.80. The molecule has 0 radical (unpaired) electrons. The summed E-state index contributed by atoms with van der Waals surface area (Å²) in [5.41, 5.74) is 2.27. The van der Waals surface area contributed by atoms with Crippen molar-refractivity contribution in [1.82, 2.24) is 9.36 Å². The van der Waals surface area contributed by atoms with Crippen LogP contribution < -0.4 is 15.1 Å². The van der Waals surface area contributed by atoms with Crippen molar-refractivity contribution >= 4 is 28.0 Å². The number of nitrogens with one attached hydrogen (secondary N) is 1. The zero-order valence-corrected chi connectivity index (χ0v) is 14.4. The summed E-state index contributed by atoms with van der Waals surface area (Å²) in [6.07, 6.45) is 1.50. The van der Waals surface area contributed by atoms with E-state index in [0.29, 0.717) is 6.54 Å². The molecular weight excluding hydrogens is 310 g/mol. The first-order chi connectivity index (χ1) is 11.1. The van der Waals surface area contributed by atoms with Crippen molar-refractivity contribution in [3.8, 4) is 0 Å². The molecule has 2 aromatic rings. The van der Waals surface area contributed by atoms with Crippen molar-refractivity contribution < 1.29 is 5.11 Å². The average molecular weight is 333 g/mol. The molecule has 23 heavy (non-hydrogen) atoms. The van der Waals surface area contributed by atoms with Crippen LogP contribution in [0, 0.1) is 0 Å². The zero-order chi connectivity index (χ0) is 16.2. The van der Waals surface area contributed by atoms with Gasteiger partial charge in [-0.2, -0.15) is 4.37 Å². The van der Waals surface area contributed by atoms with Gasteiger partial charge in [0.05, 0.1) is 24.0 Å². The van der Waals surface area contributed by atoms with Crippen molar-refractivity contribution in [2.45, 2.75) is 25.5 Å². The number of benzene rings is 1. The molecule has 3 rings (SSSR count). The van der Waals surface area contributed by atoms with Gasteiger partial charge in [-0.15, -0.1) is 0 Å². The van der Waals surface area contributed by atoms with E-state index in [2.05, 4.69) is 37.8 Å². The number of piperidine rings is 1. The summed E-state index contributed by atoms with van der Waals surface area (Å²) in [5, 5.41) is 14.0. The van der Waals surface area contributed by atoms with Crippen LogP contribution in [0.3, 0.4) is 0 Å². The quantitative estimate of drug-likeness (QED) is 0.874. The van der Waals surface area contributed by atoms with Crippen LogP contribution >= 0.6 is 11.5 Å². The summed E-state index contributed by atoms with van der Waals surface area (Å²) >= 11 is 1.41. The molecule has 0 saturated carbocycles. The van der Waals surface area contributed by atoms with E-state index in [-0.39, 0.29) is 6.10 Å². The molecule has 2 N–H and O–H groups in total. The molecular formula is C16H23N5OS. The molecule has 1 aliphatic rings. The minimum Gasteiger partial charge on any atom is -0.393 e. The van der Waals surface area contributed by atoms with Gasteiger partial charge in [-0.25, -0.2) is 4.98 Å². The van der Waals surface area contributed by atoms with Crippen molar-refractivity contribution in [2.24, 2.45) is 0 Å². The molecule has 2 heterocycles. The van der Waals surface area contributed by atoms with Gasteiger partial charge < -0.3 is 20.2 Å². The van der Waals surface area contributed by atoms with Crippen molar-refractivity contribution in [1.29, 1.82) is 0 Å². The number of aliphatic hydroxyl groups is 1. The molecule has 1 aromatic carbocycles. The summed E-state index contributed by atoms with van der Waals surface area (Å²) in [5.74, 6) is 0.808. The molecule has 124 valence electrons. The van der Waals surface area contributed by atoms with Gasteiger partial charge >= 0.3 is 0 Å². The van der Waals surface area contributed by atoms with Crippen LogP contribution in [-0.4, -0.2) is 47.8 Å². The Balaban J connectivity index is 1.68. The second-order valence-electron chi connectivity index (χ2n) is 5.98. The third kappa shape index (κ3) is 3.92. The van der Waals surface area contributed by atoms with Crippen molar-refractivity contribution in [2.75, 3.05) is 42.3 Å². The van der Waals surface area contributed by atoms with Crippen molar-refractivity contribution in [3.05, 3.63) is 30.1 Å². The molecule has 0 aliphatic carbocycles. The fourth-order valence-corrected chi connectivity index (χ4v) is 3.28. The Morgan fingerprint density at radius 3 is 2.74 bits per heavy atom. The topological polar surface area (TPSA) is 64.5 Å². The predicted molar refractivity (Wildman–Crippen MR) is 95.5 cm³/mol. The highest BCUT2D eigenvalue weighted by molar-refractivity contribution is 7.09. The molecule has 1 fully saturated rings. The predicted octanol–water partition coefficient (Wildman–Crippen LogP) is 2.18. The van der Waals surface area contributed by atoms with Gasteiger partial charge in [0.25, 0.3) is 0 Å². The Labute approximate surface area is 140 Å². The van der Waals surface area contributed by atoms with Crippen LogP contribution in [0.1, 0.15) is 18.7 Å². The number of hydrogen-bond donors (Lipinski definition) is 2. The number of para-hydroxylation sites is 2. The monoisotopic (exact) mass is 333 g/mol. The van der Waals surface area contributed by atoms with Gasteiger partial charge in [0, 0.05) is 38.7 Å². The number of hydrogen-bond acceptors (Lipinski definition) is 7. The van der Waals surface area contributed by atoms with Gasteiger partial charge in [-0.05, 0) is 25.0 Å². The molecule has 0 amide bonds. The normalized spacial score (nSPS) is 15.7. The van der Waals surface area contributed by atoms with Gasteiger partial charge in [-0.3, -0.25) is 0 Å².